The van der Waals surface area contributed by atoms with E-state index >= 15 is 0 Å². The quantitative estimate of drug-likeness (QED) is 0.0260. The van der Waals surface area contributed by atoms with E-state index < -0.39 is 39.2 Å². The van der Waals surface area contributed by atoms with Crippen LogP contribution in [-0.4, -0.2) is 66.3 Å². The van der Waals surface area contributed by atoms with Crippen LogP contribution in [0.15, 0.2) is 24.3 Å². The molecule has 0 saturated carbocycles. The van der Waals surface area contributed by atoms with Crippen molar-refractivity contribution >= 4 is 13.8 Å². The van der Waals surface area contributed by atoms with Crippen molar-refractivity contribution in [2.75, 3.05) is 33.0 Å². The van der Waals surface area contributed by atoms with Crippen molar-refractivity contribution in [3.63, 3.8) is 0 Å². The molecule has 0 aromatic carbocycles. The average Bonchev–Trinajstić information content (AvgIpc) is 3.04. The number of unbranched alkanes of at least 4 members (excludes halogenated alkanes) is 17. The van der Waals surface area contributed by atoms with Gasteiger partial charge < -0.3 is 24.6 Å². The molecule has 10 heteroatoms. The first-order chi connectivity index (χ1) is 22.3. The zero-order valence-electron chi connectivity index (χ0n) is 29.3. The highest BCUT2D eigenvalue weighted by atomic mass is 31.2. The van der Waals surface area contributed by atoms with Crippen LogP contribution in [0.25, 0.3) is 0 Å². The number of phosphoric ester groups is 1. The highest BCUT2D eigenvalue weighted by Crippen LogP contribution is 2.43. The second-order valence-corrected chi connectivity index (χ2v) is 13.7. The monoisotopic (exact) mass is 676 g/mol. The van der Waals surface area contributed by atoms with Crippen LogP contribution in [0.1, 0.15) is 155 Å². The Balaban J connectivity index is 4.25. The van der Waals surface area contributed by atoms with Crippen molar-refractivity contribution in [1.29, 1.82) is 0 Å². The molecule has 46 heavy (non-hydrogen) atoms. The van der Waals surface area contributed by atoms with E-state index in [1.165, 1.54) is 70.6 Å². The Morgan fingerprint density at radius 2 is 1.17 bits per heavy atom. The van der Waals surface area contributed by atoms with E-state index in [9.17, 15) is 19.4 Å². The van der Waals surface area contributed by atoms with Crippen LogP contribution in [0.5, 0.6) is 0 Å². The van der Waals surface area contributed by atoms with E-state index in [2.05, 4.69) is 38.2 Å². The highest BCUT2D eigenvalue weighted by molar-refractivity contribution is 7.47. The number of ether oxygens (including phenoxy) is 2. The Morgan fingerprint density at radius 1 is 0.674 bits per heavy atom. The lowest BCUT2D eigenvalue weighted by molar-refractivity contribution is -0.154. The second-order valence-electron chi connectivity index (χ2n) is 12.2. The zero-order valence-corrected chi connectivity index (χ0v) is 30.2. The largest absolute Gasteiger partial charge is 0.472 e. The fourth-order valence-electron chi connectivity index (χ4n) is 4.80. The Labute approximate surface area is 281 Å². The van der Waals surface area contributed by atoms with Crippen molar-refractivity contribution in [2.45, 2.75) is 167 Å². The van der Waals surface area contributed by atoms with E-state index in [0.717, 1.165) is 57.8 Å². The lowest BCUT2D eigenvalue weighted by Crippen LogP contribution is -2.29. The molecule has 0 aliphatic heterocycles. The first kappa shape index (κ1) is 44.9. The van der Waals surface area contributed by atoms with E-state index in [4.69, 9.17) is 23.6 Å². The maximum Gasteiger partial charge on any atom is 0.472 e. The molecule has 0 aromatic rings. The molecule has 272 valence electrons. The number of phosphoric acid groups is 1. The Hall–Kier alpha value is -1.06. The average molecular weight is 677 g/mol. The fraction of sp³-hybridized carbons (Fsp3) is 0.861. The molecular weight excluding hydrogens is 607 g/mol. The molecule has 0 amide bonds. The molecule has 0 aliphatic rings. The molecule has 0 bridgehead atoms. The summed E-state index contributed by atoms with van der Waals surface area (Å²) in [6.45, 7) is 3.46. The number of aliphatic hydroxyl groups excluding tert-OH is 2. The van der Waals surface area contributed by atoms with Crippen LogP contribution in [0.2, 0.25) is 0 Å². The van der Waals surface area contributed by atoms with Crippen LogP contribution < -0.4 is 0 Å². The lowest BCUT2D eigenvalue weighted by atomic mass is 10.1. The number of rotatable bonds is 35. The molecule has 3 unspecified atom stereocenters. The first-order valence-electron chi connectivity index (χ1n) is 18.3. The van der Waals surface area contributed by atoms with Crippen molar-refractivity contribution in [2.24, 2.45) is 0 Å². The standard InChI is InChI=1S/C36H69O9P/c1-3-5-7-9-11-13-14-15-16-17-18-19-20-22-24-26-28-36(39)45-35(33-44-46(40,41)43-31-34(38)30-37)32-42-29-27-25-23-21-12-10-8-6-4-2/h13-14,16-17,34-35,37-38H,3-12,15,18-33H2,1-2H3,(H,40,41)/b14-13-,17-16-. The number of carbonyl (C=O) groups excluding carboxylic acids is 1. The summed E-state index contributed by atoms with van der Waals surface area (Å²) in [5.74, 6) is -0.397. The summed E-state index contributed by atoms with van der Waals surface area (Å²) in [5.41, 5.74) is 0. The van der Waals surface area contributed by atoms with Gasteiger partial charge in [-0.2, -0.15) is 0 Å². The molecule has 0 aromatic heterocycles. The Kier molecular flexibility index (Phi) is 33.0. The van der Waals surface area contributed by atoms with Gasteiger partial charge in [0.1, 0.15) is 12.2 Å². The number of carbonyl (C=O) groups is 1. The normalized spacial score (nSPS) is 14.6. The molecule has 0 rings (SSSR count). The summed E-state index contributed by atoms with van der Waals surface area (Å²) in [4.78, 5) is 22.4. The van der Waals surface area contributed by atoms with Gasteiger partial charge in [-0.15, -0.1) is 0 Å². The molecule has 9 nitrogen and oxygen atoms in total. The third-order valence-corrected chi connectivity index (χ3v) is 8.59. The highest BCUT2D eigenvalue weighted by Gasteiger charge is 2.26. The summed E-state index contributed by atoms with van der Waals surface area (Å²) < 4.78 is 33.1. The van der Waals surface area contributed by atoms with Gasteiger partial charge in [0.25, 0.3) is 0 Å². The van der Waals surface area contributed by atoms with E-state index in [1.807, 2.05) is 0 Å². The maximum atomic E-state index is 12.5. The van der Waals surface area contributed by atoms with Crippen LogP contribution in [0.4, 0.5) is 0 Å². The first-order valence-corrected chi connectivity index (χ1v) is 19.8. The molecule has 0 fully saturated rings. The second kappa shape index (κ2) is 33.8. The molecule has 0 heterocycles. The van der Waals surface area contributed by atoms with Gasteiger partial charge >= 0.3 is 13.8 Å². The third kappa shape index (κ3) is 32.9. The predicted molar refractivity (Wildman–Crippen MR) is 187 cm³/mol. The van der Waals surface area contributed by atoms with Crippen molar-refractivity contribution < 1.29 is 43.0 Å². The van der Waals surface area contributed by atoms with Gasteiger partial charge in [0.2, 0.25) is 0 Å². The van der Waals surface area contributed by atoms with Gasteiger partial charge in [0.05, 0.1) is 26.4 Å². The zero-order chi connectivity index (χ0) is 34.0. The molecule has 0 spiro atoms. The number of hydrogen-bond donors (Lipinski definition) is 3. The van der Waals surface area contributed by atoms with Crippen molar-refractivity contribution in [3.05, 3.63) is 24.3 Å². The van der Waals surface area contributed by atoms with Gasteiger partial charge in [-0.1, -0.05) is 128 Å². The van der Waals surface area contributed by atoms with Gasteiger partial charge in [-0.05, 0) is 44.9 Å². The number of aliphatic hydroxyl groups is 2. The summed E-state index contributed by atoms with van der Waals surface area (Å²) in [5, 5.41) is 18.2. The van der Waals surface area contributed by atoms with Crippen molar-refractivity contribution in [3.8, 4) is 0 Å². The molecule has 0 aliphatic carbocycles. The topological polar surface area (TPSA) is 132 Å². The third-order valence-electron chi connectivity index (χ3n) is 7.64. The number of esters is 1. The SMILES string of the molecule is CCCCCC/C=C\C/C=C\CCCCCCCC(=O)OC(COCCCCCCCCCCC)COP(=O)(O)OCC(O)CO. The van der Waals surface area contributed by atoms with Crippen LogP contribution in [0, 0.1) is 0 Å². The van der Waals surface area contributed by atoms with Crippen LogP contribution in [-0.2, 0) is 27.9 Å². The minimum absolute atomic E-state index is 0.0459. The summed E-state index contributed by atoms with van der Waals surface area (Å²) in [6.07, 6.45) is 31.3. The molecular formula is C36H69O9P. The summed E-state index contributed by atoms with van der Waals surface area (Å²) in [6, 6.07) is 0. The van der Waals surface area contributed by atoms with Crippen LogP contribution in [0.3, 0.4) is 0 Å². The smallest absolute Gasteiger partial charge is 0.457 e. The number of allylic oxidation sites excluding steroid dienone is 4. The molecule has 0 saturated heterocycles. The van der Waals surface area contributed by atoms with Gasteiger partial charge in [-0.25, -0.2) is 4.57 Å². The molecule has 0 radical (unpaired) electrons. The van der Waals surface area contributed by atoms with E-state index in [-0.39, 0.29) is 19.6 Å². The minimum Gasteiger partial charge on any atom is -0.457 e. The van der Waals surface area contributed by atoms with Gasteiger partial charge in [-0.3, -0.25) is 13.8 Å². The Bertz CT molecular complexity index is 775. The van der Waals surface area contributed by atoms with E-state index in [1.54, 1.807) is 0 Å². The van der Waals surface area contributed by atoms with Crippen LogP contribution >= 0.6 is 7.82 Å². The predicted octanol–water partition coefficient (Wildman–Crippen LogP) is 9.14. The fourth-order valence-corrected chi connectivity index (χ4v) is 5.59. The minimum atomic E-state index is -4.51. The van der Waals surface area contributed by atoms with Crippen molar-refractivity contribution in [1.82, 2.24) is 0 Å². The molecule has 3 atom stereocenters. The maximum absolute atomic E-state index is 12.5. The Morgan fingerprint density at radius 3 is 1.76 bits per heavy atom. The number of hydrogen-bond acceptors (Lipinski definition) is 8. The van der Waals surface area contributed by atoms with Gasteiger partial charge in [0, 0.05) is 13.0 Å². The summed E-state index contributed by atoms with van der Waals surface area (Å²) in [7, 11) is -4.51. The van der Waals surface area contributed by atoms with Gasteiger partial charge in [0.15, 0.2) is 0 Å². The summed E-state index contributed by atoms with van der Waals surface area (Å²) >= 11 is 0. The lowest BCUT2D eigenvalue weighted by Gasteiger charge is -2.20. The molecule has 3 N–H and O–H groups in total. The van der Waals surface area contributed by atoms with E-state index in [0.29, 0.717) is 13.0 Å².